The van der Waals surface area contributed by atoms with Gasteiger partial charge >= 0.3 is 0 Å². The maximum absolute atomic E-state index is 15.2. The average molecular weight is 1840 g/mol. The maximum Gasteiger partial charge on any atom is 0.239 e. The van der Waals surface area contributed by atoms with E-state index < -0.39 is 21.7 Å². The first-order chi connectivity index (χ1) is 66.2. The Balaban J connectivity index is 0.000000108. The van der Waals surface area contributed by atoms with Gasteiger partial charge in [0.2, 0.25) is 23.6 Å². The number of aryl methyl sites for hydroxylation is 4. The van der Waals surface area contributed by atoms with Crippen LogP contribution in [-0.4, -0.2) is 212 Å². The van der Waals surface area contributed by atoms with E-state index in [0.29, 0.717) is 72.6 Å². The Kier molecular flexibility index (Phi) is 25.1. The fraction of sp³-hybridized carbons (Fsp3) is 0.407. The molecule has 12 aromatic rings. The van der Waals surface area contributed by atoms with Gasteiger partial charge in [-0.1, -0.05) is 121 Å². The highest BCUT2D eigenvalue weighted by molar-refractivity contribution is 6.11. The molecule has 4 amide bonds. The Morgan fingerprint density at radius 2 is 0.522 bits per heavy atom. The lowest BCUT2D eigenvalue weighted by molar-refractivity contribution is -0.123. The van der Waals surface area contributed by atoms with Crippen molar-refractivity contribution in [3.63, 3.8) is 0 Å². The Hall–Kier alpha value is -12.1. The number of fused-ring (bicyclic) bond motifs is 8. The predicted molar refractivity (Wildman–Crippen MR) is 512 cm³/mol. The summed E-state index contributed by atoms with van der Waals surface area (Å²) in [5, 5.41) is 16.7. The average Bonchev–Trinajstić information content (AvgIpc) is 1.58. The highest BCUT2D eigenvalue weighted by atomic mass is 19.1. The monoisotopic (exact) mass is 1840 g/mol. The standard InChI is InChI=1S/4C27H29FN4O2/c4*1-30-15-21(14-29-30)19-8-9-20(24(28)13-19)16-32-25-7-3-2-6-23(25)27(26(32)33)10-11-31(18-27)22-5-4-12-34-17-22/h4*2-3,6-9,13-15,22H,4-5,10-12,16-18H2,1H3. The number of amides is 4. The maximum atomic E-state index is 15.2. The molecule has 0 N–H and O–H groups in total. The van der Waals surface area contributed by atoms with E-state index >= 15 is 17.6 Å². The van der Waals surface area contributed by atoms with Crippen LogP contribution < -0.4 is 19.6 Å². The SMILES string of the molecule is Cn1cc(-c2ccc(CN3C(=O)C4(CCN(C5CCCOC5)C4)c4ccccc43)c(F)c2)cn1.Cn1cc(-c2ccc(CN3C(=O)C4(CCN(C5CCCOC5)C4)c4ccccc43)c(F)c2)cn1.Cn1cc(-c2ccc(CN3C(=O)C4(CCN(C5CCCOC5)C4)c4ccccc43)c(F)c2)cn1.Cn1cc(-c2ccc(CN3C(=O)C4(CCN(C5CCCOC5)C4)c4ccccc43)c(F)c2)cn1. The molecule has 4 spiro atoms. The van der Waals surface area contributed by atoms with Crippen molar-refractivity contribution in [3.05, 3.63) is 287 Å². The molecule has 12 aliphatic heterocycles. The summed E-state index contributed by atoms with van der Waals surface area (Å²) in [7, 11) is 7.36. The number of anilines is 4. The molecule has 0 aliphatic carbocycles. The molecule has 0 bridgehead atoms. The van der Waals surface area contributed by atoms with Crippen molar-refractivity contribution in [2.75, 3.05) is 125 Å². The van der Waals surface area contributed by atoms with E-state index in [-0.39, 0.29) is 73.1 Å². The Morgan fingerprint density at radius 3 is 0.713 bits per heavy atom. The first kappa shape index (κ1) is 90.4. The molecule has 0 radical (unpaired) electrons. The fourth-order valence-electron chi connectivity index (χ4n) is 23.6. The van der Waals surface area contributed by atoms with Gasteiger partial charge in [0, 0.05) is 197 Å². The van der Waals surface area contributed by atoms with E-state index in [2.05, 4.69) is 64.3 Å². The summed E-state index contributed by atoms with van der Waals surface area (Å²) in [4.78, 5) is 72.7. The molecule has 704 valence electrons. The molecule has 8 saturated heterocycles. The van der Waals surface area contributed by atoms with E-state index in [1.807, 2.05) is 150 Å². The number of carbonyl (C=O) groups excluding carboxylic acids is 4. The topological polar surface area (TPSA) is 202 Å². The fourth-order valence-corrected chi connectivity index (χ4v) is 23.6. The van der Waals surface area contributed by atoms with Crippen LogP contribution >= 0.6 is 0 Å². The molecule has 8 unspecified atom stereocenters. The minimum Gasteiger partial charge on any atom is -0.380 e. The Bertz CT molecular complexity index is 5700. The van der Waals surface area contributed by atoms with Crippen LogP contribution in [-0.2, 0) is 114 Å². The van der Waals surface area contributed by atoms with Crippen LogP contribution in [0.1, 0.15) is 122 Å². The third-order valence-electron chi connectivity index (χ3n) is 30.9. The highest BCUT2D eigenvalue weighted by Gasteiger charge is 2.60. The van der Waals surface area contributed by atoms with E-state index in [1.54, 1.807) is 87.4 Å². The quantitative estimate of drug-likeness (QED) is 0.0826. The number of carbonyl (C=O) groups is 4. The molecule has 16 heterocycles. The molecular formula is C108H116F4N16O8. The predicted octanol–water partition coefficient (Wildman–Crippen LogP) is 15.6. The van der Waals surface area contributed by atoms with Crippen LogP contribution in [0.25, 0.3) is 44.5 Å². The smallest absolute Gasteiger partial charge is 0.239 e. The Morgan fingerprint density at radius 1 is 0.301 bits per heavy atom. The van der Waals surface area contributed by atoms with Gasteiger partial charge < -0.3 is 38.5 Å². The number of halogens is 4. The molecule has 8 aromatic carbocycles. The van der Waals surface area contributed by atoms with E-state index in [9.17, 15) is 19.2 Å². The Labute approximate surface area is 790 Å². The summed E-state index contributed by atoms with van der Waals surface area (Å²) in [6.07, 6.45) is 26.2. The summed E-state index contributed by atoms with van der Waals surface area (Å²) in [6, 6.07) is 54.6. The summed E-state index contributed by atoms with van der Waals surface area (Å²) in [6.45, 7) is 13.5. The molecule has 12 aliphatic rings. The van der Waals surface area contributed by atoms with Crippen molar-refractivity contribution >= 4 is 46.4 Å². The second kappa shape index (κ2) is 37.8. The molecular weight excluding hydrogens is 1730 g/mol. The molecule has 24 nitrogen and oxygen atoms in total. The van der Waals surface area contributed by atoms with Gasteiger partial charge in [0.05, 0.1) is 99.1 Å². The van der Waals surface area contributed by atoms with Gasteiger partial charge in [-0.05, 0) is 196 Å². The van der Waals surface area contributed by atoms with Gasteiger partial charge in [-0.3, -0.25) is 57.5 Å². The minimum absolute atomic E-state index is 0.0867. The lowest BCUT2D eigenvalue weighted by Crippen LogP contribution is -2.45. The van der Waals surface area contributed by atoms with Gasteiger partial charge in [0.15, 0.2) is 0 Å². The molecule has 28 heteroatoms. The van der Waals surface area contributed by atoms with Gasteiger partial charge in [-0.25, -0.2) is 17.6 Å². The van der Waals surface area contributed by atoms with Crippen molar-refractivity contribution in [2.45, 2.75) is 149 Å². The lowest BCUT2D eigenvalue weighted by Gasteiger charge is -2.32. The first-order valence-electron chi connectivity index (χ1n) is 48.2. The van der Waals surface area contributed by atoms with Crippen molar-refractivity contribution in [3.8, 4) is 44.5 Å². The van der Waals surface area contributed by atoms with Crippen LogP contribution in [0.4, 0.5) is 40.3 Å². The van der Waals surface area contributed by atoms with Crippen LogP contribution in [0, 0.1) is 23.3 Å². The van der Waals surface area contributed by atoms with Crippen molar-refractivity contribution < 1.29 is 55.7 Å². The summed E-state index contributed by atoms with van der Waals surface area (Å²) >= 11 is 0. The van der Waals surface area contributed by atoms with Crippen molar-refractivity contribution in [1.82, 2.24) is 58.7 Å². The third-order valence-corrected chi connectivity index (χ3v) is 30.9. The molecule has 24 rings (SSSR count). The zero-order valence-corrected chi connectivity index (χ0v) is 77.7. The molecule has 4 aromatic heterocycles. The number of ether oxygens (including phenoxy) is 4. The molecule has 8 fully saturated rings. The van der Waals surface area contributed by atoms with Crippen LogP contribution in [0.2, 0.25) is 0 Å². The number of benzene rings is 8. The zero-order valence-electron chi connectivity index (χ0n) is 77.7. The van der Waals surface area contributed by atoms with Crippen LogP contribution in [0.5, 0.6) is 0 Å². The molecule has 0 saturated carbocycles. The highest BCUT2D eigenvalue weighted by Crippen LogP contribution is 2.54. The summed E-state index contributed by atoms with van der Waals surface area (Å²) < 4.78 is 90.4. The van der Waals surface area contributed by atoms with Gasteiger partial charge in [0.25, 0.3) is 0 Å². The molecule has 8 atom stereocenters. The first-order valence-corrected chi connectivity index (χ1v) is 48.2. The van der Waals surface area contributed by atoms with E-state index in [0.717, 1.165) is 246 Å². The largest absolute Gasteiger partial charge is 0.380 e. The number of nitrogens with zero attached hydrogens (tertiary/aromatic N) is 16. The number of likely N-dealkylation sites (tertiary alicyclic amines) is 4. The summed E-state index contributed by atoms with van der Waals surface area (Å²) in [5.74, 6) is -0.875. The van der Waals surface area contributed by atoms with Gasteiger partial charge in [-0.2, -0.15) is 20.4 Å². The number of aromatic nitrogens is 8. The normalized spacial score (nSPS) is 24.8. The van der Waals surface area contributed by atoms with Crippen molar-refractivity contribution in [1.29, 1.82) is 0 Å². The number of hydrogen-bond acceptors (Lipinski definition) is 16. The number of para-hydroxylation sites is 4. The van der Waals surface area contributed by atoms with E-state index in [1.165, 1.54) is 24.3 Å². The number of hydrogen-bond donors (Lipinski definition) is 0. The summed E-state index contributed by atoms with van der Waals surface area (Å²) in [5.41, 5.74) is 14.4. The second-order valence-electron chi connectivity index (χ2n) is 39.2. The lowest BCUT2D eigenvalue weighted by atomic mass is 9.81. The van der Waals surface area contributed by atoms with Crippen LogP contribution in [0.15, 0.2) is 219 Å². The number of rotatable bonds is 16. The third kappa shape index (κ3) is 17.0. The van der Waals surface area contributed by atoms with Crippen LogP contribution in [0.3, 0.4) is 0 Å². The second-order valence-corrected chi connectivity index (χ2v) is 39.2. The zero-order chi connectivity index (χ0) is 93.1. The van der Waals surface area contributed by atoms with Gasteiger partial charge in [-0.15, -0.1) is 0 Å². The minimum atomic E-state index is -0.555. The van der Waals surface area contributed by atoms with E-state index in [4.69, 9.17) is 18.9 Å². The molecule has 136 heavy (non-hydrogen) atoms. The van der Waals surface area contributed by atoms with Gasteiger partial charge in [0.1, 0.15) is 23.3 Å². The van der Waals surface area contributed by atoms with Crippen molar-refractivity contribution in [2.24, 2.45) is 28.2 Å².